The molecule has 0 fully saturated rings. The fourth-order valence-corrected chi connectivity index (χ4v) is 1.00. The molecular weight excluding hydrogens is 155 g/mol. The molecule has 0 radical (unpaired) electrons. The van der Waals surface area contributed by atoms with Gasteiger partial charge >= 0.3 is 29.6 Å². The van der Waals surface area contributed by atoms with Gasteiger partial charge in [-0.1, -0.05) is 26.3 Å². The Morgan fingerprint density at radius 1 is 1.00 bits per heavy atom. The van der Waals surface area contributed by atoms with Crippen molar-refractivity contribution in [1.82, 2.24) is 0 Å². The van der Waals surface area contributed by atoms with E-state index in [4.69, 9.17) is 0 Å². The van der Waals surface area contributed by atoms with E-state index in [1.807, 2.05) is 0 Å². The summed E-state index contributed by atoms with van der Waals surface area (Å²) in [6.45, 7) is 10.5. The minimum Gasteiger partial charge on any atom is -0.199 e. The summed E-state index contributed by atoms with van der Waals surface area (Å²) >= 11 is 0. The molecule has 0 aromatic heterocycles. The first kappa shape index (κ1) is 12.1. The number of hydrogen-bond donors (Lipinski definition) is 0. The van der Waals surface area contributed by atoms with E-state index in [0.717, 1.165) is 5.56 Å². The molecule has 1 heteroatoms. The van der Waals surface area contributed by atoms with Crippen LogP contribution in [-0.2, 0) is 5.41 Å². The average Bonchev–Trinajstić information content (AvgIpc) is 1.86. The molecule has 0 heterocycles. The predicted molar refractivity (Wildman–Crippen MR) is 49.6 cm³/mol. The SMILES string of the molecule is [CH2-]c1ccc(C(C)(C)C)cc1.[Na+]. The Morgan fingerprint density at radius 2 is 1.42 bits per heavy atom. The zero-order chi connectivity index (χ0) is 8.48. The van der Waals surface area contributed by atoms with Gasteiger partial charge in [-0.05, 0) is 5.41 Å². The maximum absolute atomic E-state index is 3.84. The molecule has 0 atom stereocenters. The van der Waals surface area contributed by atoms with E-state index < -0.39 is 0 Å². The van der Waals surface area contributed by atoms with Gasteiger partial charge in [-0.25, -0.2) is 0 Å². The van der Waals surface area contributed by atoms with Crippen molar-refractivity contribution in [2.24, 2.45) is 0 Å². The molecule has 0 N–H and O–H groups in total. The molecule has 1 aromatic carbocycles. The van der Waals surface area contributed by atoms with Gasteiger partial charge in [0.05, 0.1) is 0 Å². The van der Waals surface area contributed by atoms with Crippen LogP contribution in [0.15, 0.2) is 24.3 Å². The first-order valence-electron chi connectivity index (χ1n) is 3.92. The Kier molecular flexibility index (Phi) is 4.39. The third kappa shape index (κ3) is 3.22. The topological polar surface area (TPSA) is 0 Å². The van der Waals surface area contributed by atoms with E-state index in [-0.39, 0.29) is 35.0 Å². The number of hydrogen-bond acceptors (Lipinski definition) is 0. The smallest absolute Gasteiger partial charge is 0.199 e. The van der Waals surface area contributed by atoms with Crippen LogP contribution in [0.4, 0.5) is 0 Å². The molecule has 0 aliphatic heterocycles. The third-order valence-corrected chi connectivity index (χ3v) is 1.82. The van der Waals surface area contributed by atoms with E-state index >= 15 is 0 Å². The maximum Gasteiger partial charge on any atom is 1.00 e. The second kappa shape index (κ2) is 4.36. The van der Waals surface area contributed by atoms with Crippen molar-refractivity contribution in [3.8, 4) is 0 Å². The minimum absolute atomic E-state index is 0. The van der Waals surface area contributed by atoms with Crippen LogP contribution in [0.2, 0.25) is 0 Å². The second-order valence-electron chi connectivity index (χ2n) is 3.95. The van der Waals surface area contributed by atoms with Crippen molar-refractivity contribution >= 4 is 0 Å². The molecule has 0 spiro atoms. The van der Waals surface area contributed by atoms with Gasteiger partial charge in [-0.3, -0.25) is 0 Å². The summed E-state index contributed by atoms with van der Waals surface area (Å²) in [5.74, 6) is 0. The Bertz CT molecular complexity index is 228. The Morgan fingerprint density at radius 3 is 1.75 bits per heavy atom. The van der Waals surface area contributed by atoms with Crippen LogP contribution in [0.1, 0.15) is 31.9 Å². The molecule has 60 valence electrons. The third-order valence-electron chi connectivity index (χ3n) is 1.82. The quantitative estimate of drug-likeness (QED) is 0.384. The summed E-state index contributed by atoms with van der Waals surface area (Å²) in [4.78, 5) is 0. The summed E-state index contributed by atoms with van der Waals surface area (Å²) in [6.07, 6.45) is 0. The van der Waals surface area contributed by atoms with Crippen LogP contribution in [0.3, 0.4) is 0 Å². The van der Waals surface area contributed by atoms with Gasteiger partial charge in [0.2, 0.25) is 0 Å². The predicted octanol–water partition coefficient (Wildman–Crippen LogP) is 0.170. The Labute approximate surface area is 97.7 Å². The molecular formula is C11H15Na. The first-order chi connectivity index (χ1) is 5.00. The van der Waals surface area contributed by atoms with Crippen molar-refractivity contribution in [2.45, 2.75) is 26.2 Å². The molecule has 0 saturated heterocycles. The van der Waals surface area contributed by atoms with Gasteiger partial charge in [0.15, 0.2) is 0 Å². The fourth-order valence-electron chi connectivity index (χ4n) is 1.00. The fraction of sp³-hybridized carbons (Fsp3) is 0.364. The van der Waals surface area contributed by atoms with Crippen LogP contribution >= 0.6 is 0 Å². The van der Waals surface area contributed by atoms with Crippen LogP contribution in [-0.4, -0.2) is 0 Å². The molecule has 0 aliphatic rings. The van der Waals surface area contributed by atoms with Crippen LogP contribution < -0.4 is 29.6 Å². The molecule has 0 aliphatic carbocycles. The Hall–Kier alpha value is 0.0900. The van der Waals surface area contributed by atoms with E-state index in [1.54, 1.807) is 0 Å². The van der Waals surface area contributed by atoms with Crippen LogP contribution in [0.5, 0.6) is 0 Å². The summed E-state index contributed by atoms with van der Waals surface area (Å²) in [6, 6.07) is 8.39. The second-order valence-corrected chi connectivity index (χ2v) is 3.95. The standard InChI is InChI=1S/C11H15.Na/c1-9-5-7-10(8-6-9)11(2,3)4;/h5-8H,1H2,2-4H3;/q-1;+1. The summed E-state index contributed by atoms with van der Waals surface area (Å²) < 4.78 is 0. The van der Waals surface area contributed by atoms with Gasteiger partial charge in [0, 0.05) is 0 Å². The normalized spacial score (nSPS) is 10.6. The molecule has 1 aromatic rings. The molecule has 1 rings (SSSR count). The zero-order valence-corrected chi connectivity index (χ0v) is 10.5. The largest absolute Gasteiger partial charge is 1.00 e. The monoisotopic (exact) mass is 170 g/mol. The van der Waals surface area contributed by atoms with Gasteiger partial charge < -0.3 is 0 Å². The summed E-state index contributed by atoms with van der Waals surface area (Å²) in [5, 5.41) is 0. The van der Waals surface area contributed by atoms with Gasteiger partial charge in [0.1, 0.15) is 0 Å². The van der Waals surface area contributed by atoms with Crippen molar-refractivity contribution in [2.75, 3.05) is 0 Å². The van der Waals surface area contributed by atoms with E-state index in [9.17, 15) is 0 Å². The van der Waals surface area contributed by atoms with Crippen molar-refractivity contribution in [3.63, 3.8) is 0 Å². The zero-order valence-electron chi connectivity index (χ0n) is 8.52. The van der Waals surface area contributed by atoms with E-state index in [2.05, 4.69) is 52.0 Å². The first-order valence-corrected chi connectivity index (χ1v) is 3.92. The summed E-state index contributed by atoms with van der Waals surface area (Å²) in [5.41, 5.74) is 2.70. The Balaban J connectivity index is 0.00000121. The van der Waals surface area contributed by atoms with Crippen molar-refractivity contribution in [1.29, 1.82) is 0 Å². The number of rotatable bonds is 0. The minimum atomic E-state index is 0. The van der Waals surface area contributed by atoms with Crippen LogP contribution in [0, 0.1) is 6.92 Å². The van der Waals surface area contributed by atoms with E-state index in [1.165, 1.54) is 5.56 Å². The van der Waals surface area contributed by atoms with Crippen LogP contribution in [0.25, 0.3) is 0 Å². The van der Waals surface area contributed by atoms with Gasteiger partial charge in [-0.2, -0.15) is 24.6 Å². The molecule has 0 saturated carbocycles. The average molecular weight is 170 g/mol. The van der Waals surface area contributed by atoms with Gasteiger partial charge in [0.25, 0.3) is 0 Å². The van der Waals surface area contributed by atoms with Crippen molar-refractivity contribution < 1.29 is 29.6 Å². The molecule has 0 bridgehead atoms. The molecule has 0 unspecified atom stereocenters. The molecule has 0 nitrogen and oxygen atoms in total. The maximum atomic E-state index is 3.84. The number of benzene rings is 1. The van der Waals surface area contributed by atoms with Gasteiger partial charge in [-0.15, -0.1) is 12.1 Å². The van der Waals surface area contributed by atoms with E-state index in [0.29, 0.717) is 0 Å². The van der Waals surface area contributed by atoms with Crippen molar-refractivity contribution in [3.05, 3.63) is 42.3 Å². The summed E-state index contributed by atoms with van der Waals surface area (Å²) in [7, 11) is 0. The molecule has 0 amide bonds. The molecule has 12 heavy (non-hydrogen) atoms.